The number of carbonyl (C=O) groups is 1. The number of nitrogens with zero attached hydrogens (tertiary/aromatic N) is 3. The molecule has 1 N–H and O–H groups in total. The second kappa shape index (κ2) is 7.79. The van der Waals surface area contributed by atoms with Crippen LogP contribution in [-0.2, 0) is 0 Å². The van der Waals surface area contributed by atoms with Gasteiger partial charge in [-0.05, 0) is 30.3 Å². The predicted molar refractivity (Wildman–Crippen MR) is 97.6 cm³/mol. The minimum absolute atomic E-state index is 0.154. The first-order chi connectivity index (χ1) is 12.2. The quantitative estimate of drug-likeness (QED) is 0.850. The van der Waals surface area contributed by atoms with Crippen LogP contribution in [0, 0.1) is 5.82 Å². The third-order valence-electron chi connectivity index (χ3n) is 4.23. The molecule has 2 heterocycles. The molecule has 5 nitrogen and oxygen atoms in total. The third kappa shape index (κ3) is 4.15. The largest absolute Gasteiger partial charge is 0.368 e. The maximum Gasteiger partial charge on any atom is 0.253 e. The van der Waals surface area contributed by atoms with Gasteiger partial charge < -0.3 is 15.1 Å². The van der Waals surface area contributed by atoms with Crippen molar-refractivity contribution in [1.29, 1.82) is 0 Å². The van der Waals surface area contributed by atoms with Gasteiger partial charge in [-0.3, -0.25) is 9.78 Å². The van der Waals surface area contributed by atoms with Gasteiger partial charge in [0.15, 0.2) is 0 Å². The molecule has 3 rings (SSSR count). The molecular weight excluding hydrogens is 319 g/mol. The van der Waals surface area contributed by atoms with Gasteiger partial charge in [0.1, 0.15) is 5.82 Å². The van der Waals surface area contributed by atoms with Crippen molar-refractivity contribution in [2.24, 2.45) is 0 Å². The number of anilines is 2. The number of halogens is 1. The number of piperazine rings is 1. The number of pyridine rings is 1. The molecule has 0 spiro atoms. The molecule has 0 atom stereocenters. The Balaban J connectivity index is 1.63. The van der Waals surface area contributed by atoms with Crippen LogP contribution in [0.1, 0.15) is 10.4 Å². The van der Waals surface area contributed by atoms with E-state index in [0.717, 1.165) is 37.6 Å². The molecule has 6 heteroatoms. The molecule has 1 aromatic heterocycles. The summed E-state index contributed by atoms with van der Waals surface area (Å²) in [6.07, 6.45) is 4.98. The molecule has 1 aromatic carbocycles. The molecule has 130 valence electrons. The zero-order chi connectivity index (χ0) is 17.6. The Morgan fingerprint density at radius 1 is 1.12 bits per heavy atom. The monoisotopic (exact) mass is 340 g/mol. The van der Waals surface area contributed by atoms with Crippen molar-refractivity contribution >= 4 is 17.3 Å². The van der Waals surface area contributed by atoms with E-state index in [-0.39, 0.29) is 11.7 Å². The second-order valence-corrected chi connectivity index (χ2v) is 5.88. The Kier molecular flexibility index (Phi) is 5.28. The lowest BCUT2D eigenvalue weighted by molar-refractivity contribution is 0.0957. The lowest BCUT2D eigenvalue weighted by Gasteiger charge is -2.37. The van der Waals surface area contributed by atoms with Gasteiger partial charge >= 0.3 is 0 Å². The molecule has 1 aliphatic heterocycles. The van der Waals surface area contributed by atoms with Crippen LogP contribution in [0.2, 0.25) is 0 Å². The first-order valence-corrected chi connectivity index (χ1v) is 8.27. The molecule has 1 saturated heterocycles. The number of rotatable bonds is 5. The number of amides is 1. The summed E-state index contributed by atoms with van der Waals surface area (Å²) in [5.41, 5.74) is 2.50. The van der Waals surface area contributed by atoms with E-state index in [9.17, 15) is 9.18 Å². The van der Waals surface area contributed by atoms with Gasteiger partial charge in [-0.1, -0.05) is 6.08 Å². The fraction of sp³-hybridized carbons (Fsp3) is 0.263. The molecule has 0 bridgehead atoms. The zero-order valence-electron chi connectivity index (χ0n) is 14.0. The molecule has 1 aliphatic rings. The van der Waals surface area contributed by atoms with Gasteiger partial charge in [0.05, 0.1) is 17.4 Å². The summed E-state index contributed by atoms with van der Waals surface area (Å²) in [7, 11) is 0. The van der Waals surface area contributed by atoms with Crippen molar-refractivity contribution < 1.29 is 9.18 Å². The maximum atomic E-state index is 13.0. The van der Waals surface area contributed by atoms with Crippen LogP contribution in [0.4, 0.5) is 15.8 Å². The van der Waals surface area contributed by atoms with Crippen molar-refractivity contribution in [3.63, 3.8) is 0 Å². The van der Waals surface area contributed by atoms with Gasteiger partial charge in [-0.25, -0.2) is 4.39 Å². The Labute approximate surface area is 146 Å². The van der Waals surface area contributed by atoms with Gasteiger partial charge in [0.2, 0.25) is 0 Å². The van der Waals surface area contributed by atoms with Crippen molar-refractivity contribution in [1.82, 2.24) is 10.3 Å². The maximum absolute atomic E-state index is 13.0. The van der Waals surface area contributed by atoms with Crippen LogP contribution in [0.15, 0.2) is 55.4 Å². The summed E-state index contributed by atoms with van der Waals surface area (Å²) < 4.78 is 13.0. The lowest BCUT2D eigenvalue weighted by Crippen LogP contribution is -2.46. The highest BCUT2D eigenvalue weighted by atomic mass is 19.1. The van der Waals surface area contributed by atoms with Gasteiger partial charge in [0.25, 0.3) is 5.91 Å². The minimum atomic E-state index is -0.222. The first kappa shape index (κ1) is 17.0. The lowest BCUT2D eigenvalue weighted by atomic mass is 10.2. The van der Waals surface area contributed by atoms with E-state index in [4.69, 9.17) is 0 Å². The molecule has 2 aromatic rings. The average Bonchev–Trinajstić information content (AvgIpc) is 2.67. The summed E-state index contributed by atoms with van der Waals surface area (Å²) in [6.45, 7) is 7.32. The van der Waals surface area contributed by atoms with Crippen LogP contribution >= 0.6 is 0 Å². The van der Waals surface area contributed by atoms with Crippen LogP contribution in [0.3, 0.4) is 0 Å². The fourth-order valence-corrected chi connectivity index (χ4v) is 2.87. The number of carbonyl (C=O) groups excluding carboxylic acids is 1. The number of hydrogen-bond acceptors (Lipinski definition) is 4. The van der Waals surface area contributed by atoms with Crippen LogP contribution < -0.4 is 15.1 Å². The number of benzene rings is 1. The summed E-state index contributed by atoms with van der Waals surface area (Å²) >= 11 is 0. The number of hydrogen-bond donors (Lipinski definition) is 1. The molecule has 0 saturated carbocycles. The zero-order valence-corrected chi connectivity index (χ0v) is 14.0. The highest BCUT2D eigenvalue weighted by molar-refractivity contribution is 5.94. The Bertz CT molecular complexity index is 739. The molecule has 25 heavy (non-hydrogen) atoms. The normalized spacial score (nSPS) is 14.3. The highest BCUT2D eigenvalue weighted by Gasteiger charge is 2.18. The Hall–Kier alpha value is -2.89. The van der Waals surface area contributed by atoms with Crippen molar-refractivity contribution in [2.45, 2.75) is 0 Å². The molecular formula is C19H21FN4O. The Morgan fingerprint density at radius 2 is 1.76 bits per heavy atom. The van der Waals surface area contributed by atoms with E-state index >= 15 is 0 Å². The molecule has 1 amide bonds. The summed E-state index contributed by atoms with van der Waals surface area (Å²) in [5.74, 6) is -0.376. The molecule has 0 unspecified atom stereocenters. The van der Waals surface area contributed by atoms with E-state index in [1.807, 2.05) is 6.07 Å². The van der Waals surface area contributed by atoms with Crippen LogP contribution in [0.25, 0.3) is 0 Å². The average molecular weight is 340 g/mol. The van der Waals surface area contributed by atoms with E-state index in [0.29, 0.717) is 12.1 Å². The van der Waals surface area contributed by atoms with Crippen LogP contribution in [-0.4, -0.2) is 43.6 Å². The third-order valence-corrected chi connectivity index (χ3v) is 4.23. The standard InChI is InChI=1S/C19H21FN4O/c1-2-7-22-19(25)15-12-18(14-21-13-15)24-10-8-23(9-11-24)17-5-3-16(20)4-6-17/h2-6,12-14H,1,7-11H2,(H,22,25). The van der Waals surface area contributed by atoms with E-state index < -0.39 is 0 Å². The first-order valence-electron chi connectivity index (χ1n) is 8.27. The van der Waals surface area contributed by atoms with Crippen molar-refractivity contribution in [2.75, 3.05) is 42.5 Å². The van der Waals surface area contributed by atoms with Crippen LogP contribution in [0.5, 0.6) is 0 Å². The number of aromatic nitrogens is 1. The van der Waals surface area contributed by atoms with Gasteiger partial charge in [0, 0.05) is 44.6 Å². The smallest absolute Gasteiger partial charge is 0.253 e. The summed E-state index contributed by atoms with van der Waals surface area (Å²) in [4.78, 5) is 20.7. The topological polar surface area (TPSA) is 48.5 Å². The fourth-order valence-electron chi connectivity index (χ4n) is 2.87. The highest BCUT2D eigenvalue weighted by Crippen LogP contribution is 2.21. The molecule has 0 aliphatic carbocycles. The Morgan fingerprint density at radius 3 is 2.40 bits per heavy atom. The molecule has 1 fully saturated rings. The summed E-state index contributed by atoms with van der Waals surface area (Å²) in [5, 5.41) is 2.76. The SMILES string of the molecule is C=CCNC(=O)c1cncc(N2CCN(c3ccc(F)cc3)CC2)c1. The minimum Gasteiger partial charge on any atom is -0.368 e. The molecule has 0 radical (unpaired) electrons. The van der Waals surface area contributed by atoms with E-state index in [1.54, 1.807) is 30.6 Å². The summed E-state index contributed by atoms with van der Waals surface area (Å²) in [6, 6.07) is 8.43. The van der Waals surface area contributed by atoms with E-state index in [1.165, 1.54) is 12.1 Å². The second-order valence-electron chi connectivity index (χ2n) is 5.88. The number of nitrogens with one attached hydrogen (secondary N) is 1. The van der Waals surface area contributed by atoms with Gasteiger partial charge in [-0.2, -0.15) is 0 Å². The van der Waals surface area contributed by atoms with Crippen molar-refractivity contribution in [3.8, 4) is 0 Å². The predicted octanol–water partition coefficient (Wildman–Crippen LogP) is 2.46. The van der Waals surface area contributed by atoms with Gasteiger partial charge in [-0.15, -0.1) is 6.58 Å². The van der Waals surface area contributed by atoms with E-state index in [2.05, 4.69) is 26.7 Å². The van der Waals surface area contributed by atoms with Crippen molar-refractivity contribution in [3.05, 3.63) is 66.8 Å².